The predicted molar refractivity (Wildman–Crippen MR) is 44.7 cm³/mol. The summed E-state index contributed by atoms with van der Waals surface area (Å²) in [6.45, 7) is 6.32. The lowest BCUT2D eigenvalue weighted by Crippen LogP contribution is -2.55. The topological polar surface area (TPSA) is 66.4 Å². The van der Waals surface area contributed by atoms with Crippen molar-refractivity contribution in [2.45, 2.75) is 33.2 Å². The monoisotopic (exact) mass is 173 g/mol. The third-order valence-corrected chi connectivity index (χ3v) is 2.03. The molecular weight excluding hydrogens is 158 g/mol. The van der Waals surface area contributed by atoms with E-state index >= 15 is 0 Å². The Morgan fingerprint density at radius 2 is 1.83 bits per heavy atom. The maximum absolute atomic E-state index is 10.8. The van der Waals surface area contributed by atoms with E-state index in [0.29, 0.717) is 0 Å². The normalized spacial score (nSPS) is 15.4. The molecule has 12 heavy (non-hydrogen) atoms. The zero-order valence-corrected chi connectivity index (χ0v) is 7.84. The van der Waals surface area contributed by atoms with Gasteiger partial charge in [-0.2, -0.15) is 0 Å². The van der Waals surface area contributed by atoms with E-state index in [-0.39, 0.29) is 11.8 Å². The van der Waals surface area contributed by atoms with Gasteiger partial charge in [-0.1, -0.05) is 13.8 Å². The van der Waals surface area contributed by atoms with Crippen LogP contribution in [-0.2, 0) is 9.59 Å². The van der Waals surface area contributed by atoms with Gasteiger partial charge in [-0.05, 0) is 12.8 Å². The Kier molecular flexibility index (Phi) is 3.24. The first kappa shape index (κ1) is 10.9. The summed E-state index contributed by atoms with van der Waals surface area (Å²) in [4.78, 5) is 21.5. The smallest absolute Gasteiger partial charge is 0.329 e. The van der Waals surface area contributed by atoms with Gasteiger partial charge in [0, 0.05) is 6.92 Å². The first-order valence-corrected chi connectivity index (χ1v) is 3.83. The molecule has 1 unspecified atom stereocenters. The van der Waals surface area contributed by atoms with E-state index in [1.165, 1.54) is 13.8 Å². The molecule has 0 saturated carbocycles. The summed E-state index contributed by atoms with van der Waals surface area (Å²) in [5.41, 5.74) is -1.16. The van der Waals surface area contributed by atoms with E-state index in [0.717, 1.165) is 0 Å². The summed E-state index contributed by atoms with van der Waals surface area (Å²) in [5, 5.41) is 11.3. The minimum Gasteiger partial charge on any atom is -0.480 e. The second kappa shape index (κ2) is 3.56. The Balaban J connectivity index is 4.62. The van der Waals surface area contributed by atoms with Crippen molar-refractivity contribution in [1.82, 2.24) is 5.32 Å². The van der Waals surface area contributed by atoms with E-state index in [4.69, 9.17) is 5.11 Å². The van der Waals surface area contributed by atoms with Crippen molar-refractivity contribution in [2.24, 2.45) is 5.92 Å². The van der Waals surface area contributed by atoms with Gasteiger partial charge in [0.05, 0.1) is 0 Å². The average Bonchev–Trinajstić information content (AvgIpc) is 1.84. The van der Waals surface area contributed by atoms with Crippen molar-refractivity contribution >= 4 is 11.9 Å². The van der Waals surface area contributed by atoms with E-state index in [2.05, 4.69) is 5.32 Å². The molecule has 70 valence electrons. The lowest BCUT2D eigenvalue weighted by Gasteiger charge is -2.29. The molecular formula is C8H15NO3. The molecule has 0 aliphatic carbocycles. The highest BCUT2D eigenvalue weighted by Crippen LogP contribution is 2.16. The van der Waals surface area contributed by atoms with Crippen LogP contribution in [0.3, 0.4) is 0 Å². The van der Waals surface area contributed by atoms with Crippen molar-refractivity contribution in [1.29, 1.82) is 0 Å². The number of hydrogen-bond donors (Lipinski definition) is 2. The number of carbonyl (C=O) groups is 2. The lowest BCUT2D eigenvalue weighted by atomic mass is 9.88. The Morgan fingerprint density at radius 1 is 1.42 bits per heavy atom. The van der Waals surface area contributed by atoms with Gasteiger partial charge in [0.1, 0.15) is 5.54 Å². The lowest BCUT2D eigenvalue weighted by molar-refractivity contribution is -0.148. The summed E-state index contributed by atoms with van der Waals surface area (Å²) in [5.74, 6) is -1.47. The predicted octanol–water partition coefficient (Wildman–Crippen LogP) is 0.622. The number of hydrogen-bond acceptors (Lipinski definition) is 2. The first-order chi connectivity index (χ1) is 5.30. The van der Waals surface area contributed by atoms with Gasteiger partial charge in [0.15, 0.2) is 0 Å². The number of amides is 1. The van der Waals surface area contributed by atoms with E-state index < -0.39 is 11.5 Å². The Bertz CT molecular complexity index is 200. The molecule has 0 radical (unpaired) electrons. The Morgan fingerprint density at radius 3 is 1.92 bits per heavy atom. The van der Waals surface area contributed by atoms with Crippen LogP contribution in [-0.4, -0.2) is 22.5 Å². The molecule has 1 amide bonds. The van der Waals surface area contributed by atoms with Crippen molar-refractivity contribution in [3.8, 4) is 0 Å². The fourth-order valence-corrected chi connectivity index (χ4v) is 0.810. The largest absolute Gasteiger partial charge is 0.480 e. The van der Waals surface area contributed by atoms with Crippen LogP contribution in [0.5, 0.6) is 0 Å². The first-order valence-electron chi connectivity index (χ1n) is 3.83. The van der Waals surface area contributed by atoms with Crippen LogP contribution < -0.4 is 5.32 Å². The quantitative estimate of drug-likeness (QED) is 0.657. The summed E-state index contributed by atoms with van der Waals surface area (Å²) < 4.78 is 0. The van der Waals surface area contributed by atoms with Crippen molar-refractivity contribution in [3.05, 3.63) is 0 Å². The third-order valence-electron chi connectivity index (χ3n) is 2.03. The maximum Gasteiger partial charge on any atom is 0.329 e. The molecule has 4 heteroatoms. The van der Waals surface area contributed by atoms with Gasteiger partial charge >= 0.3 is 5.97 Å². The van der Waals surface area contributed by atoms with Crippen molar-refractivity contribution in [3.63, 3.8) is 0 Å². The van der Waals surface area contributed by atoms with Crippen LogP contribution in [0.1, 0.15) is 27.7 Å². The highest BCUT2D eigenvalue weighted by Gasteiger charge is 2.37. The number of carbonyl (C=O) groups excluding carboxylic acids is 1. The third kappa shape index (κ3) is 2.22. The second-order valence-electron chi connectivity index (χ2n) is 3.34. The number of nitrogens with one attached hydrogen (secondary N) is 1. The SMILES string of the molecule is CC(=O)NC(C)(C(=O)O)C(C)C. The molecule has 0 aliphatic rings. The van der Waals surface area contributed by atoms with Crippen LogP contribution in [0.15, 0.2) is 0 Å². The van der Waals surface area contributed by atoms with Crippen LogP contribution in [0.4, 0.5) is 0 Å². The standard InChI is InChI=1S/C8H15NO3/c1-5(2)8(4,7(11)12)9-6(3)10/h5H,1-4H3,(H,9,10)(H,11,12). The van der Waals surface area contributed by atoms with Gasteiger partial charge in [0.25, 0.3) is 0 Å². The number of aliphatic carboxylic acids is 1. The van der Waals surface area contributed by atoms with Crippen molar-refractivity contribution in [2.75, 3.05) is 0 Å². The van der Waals surface area contributed by atoms with Gasteiger partial charge < -0.3 is 10.4 Å². The van der Waals surface area contributed by atoms with Gasteiger partial charge in [-0.15, -0.1) is 0 Å². The molecule has 0 aliphatic heterocycles. The average molecular weight is 173 g/mol. The molecule has 0 spiro atoms. The number of rotatable bonds is 3. The van der Waals surface area contributed by atoms with E-state index in [1.54, 1.807) is 13.8 Å². The number of carboxylic acids is 1. The fourth-order valence-electron chi connectivity index (χ4n) is 0.810. The van der Waals surface area contributed by atoms with Gasteiger partial charge in [-0.3, -0.25) is 4.79 Å². The summed E-state index contributed by atoms with van der Waals surface area (Å²) in [6, 6.07) is 0. The van der Waals surface area contributed by atoms with E-state index in [9.17, 15) is 9.59 Å². The van der Waals surface area contributed by atoms with Crippen LogP contribution in [0.25, 0.3) is 0 Å². The molecule has 0 rings (SSSR count). The molecule has 0 bridgehead atoms. The van der Waals surface area contributed by atoms with Crippen molar-refractivity contribution < 1.29 is 14.7 Å². The minimum atomic E-state index is -1.16. The van der Waals surface area contributed by atoms with Crippen LogP contribution in [0, 0.1) is 5.92 Å². The Labute approximate surface area is 72.0 Å². The molecule has 0 fully saturated rings. The highest BCUT2D eigenvalue weighted by molar-refractivity contribution is 5.85. The summed E-state index contributed by atoms with van der Waals surface area (Å²) in [6.07, 6.45) is 0. The highest BCUT2D eigenvalue weighted by atomic mass is 16.4. The van der Waals surface area contributed by atoms with Crippen LogP contribution in [0.2, 0.25) is 0 Å². The molecule has 2 N–H and O–H groups in total. The zero-order chi connectivity index (χ0) is 9.94. The molecule has 0 aromatic rings. The fraction of sp³-hybridized carbons (Fsp3) is 0.750. The second-order valence-corrected chi connectivity index (χ2v) is 3.34. The Hall–Kier alpha value is -1.06. The van der Waals surface area contributed by atoms with Crippen LogP contribution >= 0.6 is 0 Å². The molecule has 1 atom stereocenters. The van der Waals surface area contributed by atoms with Gasteiger partial charge in [-0.25, -0.2) is 4.79 Å². The summed E-state index contributed by atoms with van der Waals surface area (Å²) >= 11 is 0. The maximum atomic E-state index is 10.8. The molecule has 0 aromatic carbocycles. The molecule has 4 nitrogen and oxygen atoms in total. The van der Waals surface area contributed by atoms with Gasteiger partial charge in [0.2, 0.25) is 5.91 Å². The van der Waals surface area contributed by atoms with E-state index in [1.807, 2.05) is 0 Å². The minimum absolute atomic E-state index is 0.140. The summed E-state index contributed by atoms with van der Waals surface area (Å²) in [7, 11) is 0. The molecule has 0 heterocycles. The molecule has 0 saturated heterocycles. The zero-order valence-electron chi connectivity index (χ0n) is 7.84. The number of carboxylic acid groups (broad SMARTS) is 1. The molecule has 0 aromatic heterocycles.